The number of carbonyl (C=O) groups is 3. The molecule has 41 atom stereocenters. The molecule has 43 nitrogen and oxygen atoms in total. The Hall–Kier alpha value is -3.07. The molecule has 8 fully saturated rings. The Labute approximate surface area is 555 Å². The third kappa shape index (κ3) is 17.0. The van der Waals surface area contributed by atoms with Gasteiger partial charge in [0.2, 0.25) is 11.8 Å². The Morgan fingerprint density at radius 1 is 0.439 bits per heavy atom. The summed E-state index contributed by atoms with van der Waals surface area (Å²) in [7, 11) is 0. The van der Waals surface area contributed by atoms with Gasteiger partial charge in [0, 0.05) is 20.3 Å². The van der Waals surface area contributed by atoms with E-state index in [9.17, 15) is 132 Å². The predicted molar refractivity (Wildman–Crippen MR) is 301 cm³/mol. The normalized spacial score (nSPS) is 50.2. The Morgan fingerprint density at radius 3 is 1.33 bits per heavy atom. The SMILES string of the molecule is CC(=O)N[C@H]1[C@H](OC[C@H]2OC(O)[C@H](NC(C)=O)[C@@H](O[C@@H]3O[C@H](CO)[C@H](O)[C@H](O[C@]4(C(=O)O)C[C@H](O[C@@H]5O[C@@H](C)[C@@H](O)[C@@H](O)[C@@H]5O)[C@@H](O[C@@H]5O[C@@H](C)[C@@H](O)[C@@H](O)[C@@H]5O)[C@H]([C@H](O)[C@H](O)CO)O4)[C@H]3O)[C@H]2O)O[C@H](CO)[C@@H](O[C@@H]2O[C@H](CO)[C@H](O)[C@H](O)[C@H]2O)[C@@H]1O[C@@H]1O[C@@H](C)[C@@H](O)[C@@H](O)[C@@H]1O. The second kappa shape index (κ2) is 33.8. The van der Waals surface area contributed by atoms with Crippen LogP contribution in [0.3, 0.4) is 0 Å². The molecule has 0 radical (unpaired) electrons. The van der Waals surface area contributed by atoms with E-state index >= 15 is 0 Å². The van der Waals surface area contributed by atoms with Crippen molar-refractivity contribution in [2.24, 2.45) is 0 Å². The molecule has 0 aromatic rings. The van der Waals surface area contributed by atoms with Gasteiger partial charge in [-0.25, -0.2) is 4.79 Å². The Balaban J connectivity index is 1.10. The Kier molecular flexibility index (Phi) is 27.8. The number of aliphatic hydroxyl groups is 22. The summed E-state index contributed by atoms with van der Waals surface area (Å²) in [6.07, 6.45) is -78.7. The van der Waals surface area contributed by atoms with Crippen molar-refractivity contribution in [3.05, 3.63) is 0 Å². The number of rotatable bonds is 24. The topological polar surface area (TPSA) is 679 Å². The lowest BCUT2D eigenvalue weighted by molar-refractivity contribution is -0.408. The Morgan fingerprint density at radius 2 is 0.847 bits per heavy atom. The molecule has 8 heterocycles. The largest absolute Gasteiger partial charge is 0.477 e. The molecule has 8 rings (SSSR count). The fourth-order valence-corrected chi connectivity index (χ4v) is 12.7. The zero-order chi connectivity index (χ0) is 72.6. The fraction of sp³-hybridized carbons (Fsp3) is 0.945. The highest BCUT2D eigenvalue weighted by molar-refractivity contribution is 5.76. The molecule has 0 aromatic heterocycles. The lowest BCUT2D eigenvalue weighted by Crippen LogP contribution is -2.71. The van der Waals surface area contributed by atoms with E-state index in [1.165, 1.54) is 20.8 Å². The van der Waals surface area contributed by atoms with Crippen LogP contribution in [0.5, 0.6) is 0 Å². The molecule has 98 heavy (non-hydrogen) atoms. The monoisotopic (exact) mass is 1440 g/mol. The van der Waals surface area contributed by atoms with Crippen molar-refractivity contribution >= 4 is 17.8 Å². The van der Waals surface area contributed by atoms with Crippen molar-refractivity contribution in [2.45, 2.75) is 292 Å². The average Bonchev–Trinajstić information content (AvgIpc) is 0.749. The van der Waals surface area contributed by atoms with Crippen LogP contribution in [0.1, 0.15) is 41.0 Å². The van der Waals surface area contributed by atoms with Crippen LogP contribution in [0, 0.1) is 0 Å². The minimum atomic E-state index is -3.51. The molecule has 1 unspecified atom stereocenters. The number of carbonyl (C=O) groups excluding carboxylic acids is 2. The summed E-state index contributed by atoms with van der Waals surface area (Å²) < 4.78 is 88.2. The minimum absolute atomic E-state index is 0.900. The standard InChI is InChI=1S/C55H92N2O41/c1-12-25(65)32(72)36(76)49(85-12)89-18-6-55(54(82)83,98-46(28(68)17(64)7-58)41(18)93-50-37(77)33(73)26(66)13(2)86-50)97-45-30(70)20(9-60)91-53(40(45)80)95-43-23(56-15(4)62)47(81)88-22(31(43)71)11-84-48-24(57-16(5)63)44(96-51-38(78)34(74)27(67)14(3)87-51)42(21(10-61)92-48)94-52-39(79)35(75)29(69)19(8-59)90-52/h12-14,17-53,58-61,64-81H,6-11H2,1-5H3,(H,56,62)(H,57,63)(H,82,83)/t12-,13-,14-,17+,18-,19+,20+,21+,22+,23+,24+,25+,26+,27+,28+,29-,30-,31-,32+,33+,34+,35-,36-,37-,38-,39+,40+,41+,42+,43+,44+,45-,46-,47?,48+,49-,50-,51-,52-,53-,55+/m0/s1. The lowest BCUT2D eigenvalue weighted by Gasteiger charge is -2.52. The number of hydrogen-bond donors (Lipinski definition) is 25. The van der Waals surface area contributed by atoms with Gasteiger partial charge in [0.1, 0.15) is 177 Å². The van der Waals surface area contributed by atoms with Crippen LogP contribution >= 0.6 is 0 Å². The number of hydrogen-bond acceptors (Lipinski definition) is 40. The van der Waals surface area contributed by atoms with E-state index in [2.05, 4.69) is 10.6 Å². The van der Waals surface area contributed by atoms with Gasteiger partial charge in [-0.15, -0.1) is 0 Å². The van der Waals surface area contributed by atoms with Crippen molar-refractivity contribution < 1.29 is 203 Å². The average molecular weight is 1440 g/mol. The van der Waals surface area contributed by atoms with Crippen LogP contribution in [0.15, 0.2) is 0 Å². The van der Waals surface area contributed by atoms with E-state index in [1.54, 1.807) is 0 Å². The van der Waals surface area contributed by atoms with Crippen molar-refractivity contribution in [1.29, 1.82) is 0 Å². The van der Waals surface area contributed by atoms with Gasteiger partial charge >= 0.3 is 5.97 Å². The highest BCUT2D eigenvalue weighted by atomic mass is 16.8. The van der Waals surface area contributed by atoms with Crippen LogP contribution in [0.2, 0.25) is 0 Å². The van der Waals surface area contributed by atoms with Crippen LogP contribution in [0.25, 0.3) is 0 Å². The maximum Gasteiger partial charge on any atom is 0.364 e. The maximum atomic E-state index is 13.9. The van der Waals surface area contributed by atoms with Crippen LogP contribution in [-0.4, -0.2) is 419 Å². The maximum absolute atomic E-state index is 13.9. The molecule has 568 valence electrons. The summed E-state index contributed by atoms with van der Waals surface area (Å²) in [5.41, 5.74) is 0. The number of amides is 2. The van der Waals surface area contributed by atoms with Gasteiger partial charge in [-0.3, -0.25) is 9.59 Å². The number of carboxylic acid groups (broad SMARTS) is 1. The van der Waals surface area contributed by atoms with Crippen molar-refractivity contribution in [1.82, 2.24) is 10.6 Å². The first kappa shape index (κ1) is 80.6. The van der Waals surface area contributed by atoms with E-state index in [0.717, 1.165) is 13.8 Å². The molecule has 0 saturated carbocycles. The molecule has 2 amide bonds. The van der Waals surface area contributed by atoms with Crippen LogP contribution < -0.4 is 10.6 Å². The lowest BCUT2D eigenvalue weighted by atomic mass is 9.89. The summed E-state index contributed by atoms with van der Waals surface area (Å²) in [6.45, 7) is -0.00582. The number of aliphatic hydroxyl groups excluding tert-OH is 22. The summed E-state index contributed by atoms with van der Waals surface area (Å²) in [6, 6.07) is -3.73. The first-order chi connectivity index (χ1) is 46.0. The summed E-state index contributed by atoms with van der Waals surface area (Å²) >= 11 is 0. The molecular weight excluding hydrogens is 1340 g/mol. The van der Waals surface area contributed by atoms with Crippen LogP contribution in [0.4, 0.5) is 0 Å². The van der Waals surface area contributed by atoms with Crippen molar-refractivity contribution in [2.75, 3.05) is 33.0 Å². The highest BCUT2D eigenvalue weighted by Gasteiger charge is 2.64. The Bertz CT molecular complexity index is 2560. The number of carboxylic acids is 1. The van der Waals surface area contributed by atoms with E-state index in [4.69, 9.17) is 71.1 Å². The van der Waals surface area contributed by atoms with Crippen LogP contribution in [-0.2, 0) is 85.4 Å². The van der Waals surface area contributed by atoms with Crippen molar-refractivity contribution in [3.63, 3.8) is 0 Å². The molecule has 0 bridgehead atoms. The molecule has 25 N–H and O–H groups in total. The molecule has 0 aromatic carbocycles. The zero-order valence-electron chi connectivity index (χ0n) is 53.0. The predicted octanol–water partition coefficient (Wildman–Crippen LogP) is -15.9. The first-order valence-corrected chi connectivity index (χ1v) is 31.3. The first-order valence-electron chi connectivity index (χ1n) is 31.3. The zero-order valence-corrected chi connectivity index (χ0v) is 53.0. The summed E-state index contributed by atoms with van der Waals surface area (Å²) in [5, 5.41) is 257. The fourth-order valence-electron chi connectivity index (χ4n) is 12.7. The molecule has 8 saturated heterocycles. The van der Waals surface area contributed by atoms with E-state index in [-0.39, 0.29) is 0 Å². The third-order valence-corrected chi connectivity index (χ3v) is 18.3. The summed E-state index contributed by atoms with van der Waals surface area (Å²) in [5.74, 6) is -7.60. The summed E-state index contributed by atoms with van der Waals surface area (Å²) in [4.78, 5) is 39.8. The molecule has 0 aliphatic carbocycles. The van der Waals surface area contributed by atoms with Gasteiger partial charge in [-0.1, -0.05) is 0 Å². The second-order valence-corrected chi connectivity index (χ2v) is 25.3. The van der Waals surface area contributed by atoms with Gasteiger partial charge in [0.15, 0.2) is 44.0 Å². The van der Waals surface area contributed by atoms with Gasteiger partial charge in [-0.05, 0) is 20.8 Å². The van der Waals surface area contributed by atoms with Gasteiger partial charge < -0.3 is 199 Å². The van der Waals surface area contributed by atoms with Gasteiger partial charge in [-0.2, -0.15) is 0 Å². The van der Waals surface area contributed by atoms with E-state index in [0.29, 0.717) is 0 Å². The van der Waals surface area contributed by atoms with E-state index < -0.39 is 308 Å². The quantitative estimate of drug-likeness (QED) is 0.0427. The molecule has 43 heteroatoms. The number of nitrogens with one attached hydrogen (secondary N) is 2. The van der Waals surface area contributed by atoms with Crippen molar-refractivity contribution in [3.8, 4) is 0 Å². The second-order valence-electron chi connectivity index (χ2n) is 25.3. The molecule has 8 aliphatic rings. The van der Waals surface area contributed by atoms with Gasteiger partial charge in [0.05, 0.1) is 57.5 Å². The molecule has 8 aliphatic heterocycles. The number of ether oxygens (including phenoxy) is 15. The number of aliphatic carboxylic acids is 1. The molecule has 0 spiro atoms. The minimum Gasteiger partial charge on any atom is -0.477 e. The third-order valence-electron chi connectivity index (χ3n) is 18.3. The van der Waals surface area contributed by atoms with E-state index in [1.807, 2.05) is 0 Å². The smallest absolute Gasteiger partial charge is 0.364 e. The highest BCUT2D eigenvalue weighted by Crippen LogP contribution is 2.43. The van der Waals surface area contributed by atoms with Gasteiger partial charge in [0.25, 0.3) is 5.79 Å². The molecular formula is C55H92N2O41.